The number of benzene rings is 1. The number of likely N-dealkylation sites (tertiary alicyclic amines) is 1. The smallest absolute Gasteiger partial charge is 0.220 e. The van der Waals surface area contributed by atoms with Crippen LogP contribution in [0.4, 0.5) is 0 Å². The third-order valence-corrected chi connectivity index (χ3v) is 5.88. The lowest BCUT2D eigenvalue weighted by molar-refractivity contribution is -0.455. The van der Waals surface area contributed by atoms with Crippen LogP contribution >= 0.6 is 0 Å². The van der Waals surface area contributed by atoms with Crippen molar-refractivity contribution in [3.63, 3.8) is 0 Å². The lowest BCUT2D eigenvalue weighted by Gasteiger charge is -2.56. The molecular formula is C21H31NO4. The van der Waals surface area contributed by atoms with Gasteiger partial charge in [-0.05, 0) is 26.3 Å². The van der Waals surface area contributed by atoms with Crippen LogP contribution in [-0.4, -0.2) is 56.0 Å². The first-order chi connectivity index (χ1) is 12.3. The maximum Gasteiger partial charge on any atom is 0.220 e. The zero-order chi connectivity index (χ0) is 18.9. The van der Waals surface area contributed by atoms with Crippen LogP contribution in [0, 0.1) is 5.92 Å². The number of rotatable bonds is 5. The molecule has 0 aliphatic carbocycles. The van der Waals surface area contributed by atoms with Gasteiger partial charge in [-0.2, -0.15) is 0 Å². The van der Waals surface area contributed by atoms with Gasteiger partial charge in [0.15, 0.2) is 0 Å². The molecule has 144 valence electrons. The topological polar surface area (TPSA) is 40.2 Å². The zero-order valence-corrected chi connectivity index (χ0v) is 16.5. The van der Waals surface area contributed by atoms with Crippen molar-refractivity contribution in [1.82, 2.24) is 4.90 Å². The Morgan fingerprint density at radius 2 is 1.73 bits per heavy atom. The largest absolute Gasteiger partial charge is 0.349 e. The van der Waals surface area contributed by atoms with Crippen molar-refractivity contribution in [2.75, 3.05) is 27.3 Å². The molecule has 3 rings (SSSR count). The van der Waals surface area contributed by atoms with E-state index >= 15 is 0 Å². The Morgan fingerprint density at radius 3 is 2.31 bits per heavy atom. The van der Waals surface area contributed by atoms with Crippen molar-refractivity contribution in [2.24, 2.45) is 5.92 Å². The molecule has 0 aromatic heterocycles. The molecule has 1 aromatic rings. The predicted molar refractivity (Wildman–Crippen MR) is 101 cm³/mol. The maximum absolute atomic E-state index is 6.45. The number of nitrogens with zero attached hydrogens (tertiary/aromatic N) is 1. The number of piperidine rings is 1. The van der Waals surface area contributed by atoms with Crippen molar-refractivity contribution in [3.05, 3.63) is 48.0 Å². The number of hydrogen-bond acceptors (Lipinski definition) is 5. The Hall–Kier alpha value is -1.24. The predicted octanol–water partition coefficient (Wildman–Crippen LogP) is 3.20. The van der Waals surface area contributed by atoms with Crippen molar-refractivity contribution in [3.8, 4) is 0 Å². The van der Waals surface area contributed by atoms with Crippen LogP contribution in [0.25, 0.3) is 0 Å². The molecule has 0 bridgehead atoms. The molecule has 0 N–H and O–H groups in total. The third-order valence-electron chi connectivity index (χ3n) is 5.88. The lowest BCUT2D eigenvalue weighted by Crippen LogP contribution is -2.70. The second kappa shape index (κ2) is 7.41. The fourth-order valence-corrected chi connectivity index (χ4v) is 3.97. The van der Waals surface area contributed by atoms with Crippen LogP contribution in [-0.2, 0) is 25.5 Å². The van der Waals surface area contributed by atoms with E-state index in [9.17, 15) is 0 Å². The molecule has 2 aliphatic heterocycles. The van der Waals surface area contributed by atoms with E-state index in [1.165, 1.54) is 5.56 Å². The van der Waals surface area contributed by atoms with Gasteiger partial charge < -0.3 is 18.9 Å². The van der Waals surface area contributed by atoms with Gasteiger partial charge in [-0.15, -0.1) is 0 Å². The summed E-state index contributed by atoms with van der Waals surface area (Å²) in [6.07, 6.45) is -0.213. The Morgan fingerprint density at radius 1 is 1.12 bits per heavy atom. The van der Waals surface area contributed by atoms with Gasteiger partial charge in [-0.1, -0.05) is 42.5 Å². The van der Waals surface area contributed by atoms with Gasteiger partial charge in [0.1, 0.15) is 6.10 Å². The highest BCUT2D eigenvalue weighted by atomic mass is 16.8. The molecule has 0 spiro atoms. The van der Waals surface area contributed by atoms with Gasteiger partial charge in [-0.25, -0.2) is 0 Å². The molecule has 0 saturated carbocycles. The summed E-state index contributed by atoms with van der Waals surface area (Å²) >= 11 is 0. The summed E-state index contributed by atoms with van der Waals surface area (Å²) in [6, 6.07) is 10.5. The first-order valence-corrected chi connectivity index (χ1v) is 9.19. The minimum atomic E-state index is -0.974. The fraction of sp³-hybridized carbons (Fsp3) is 0.619. The average molecular weight is 361 g/mol. The molecule has 5 nitrogen and oxygen atoms in total. The van der Waals surface area contributed by atoms with Crippen molar-refractivity contribution < 1.29 is 18.9 Å². The molecule has 1 aromatic carbocycles. The quantitative estimate of drug-likeness (QED) is 0.753. The van der Waals surface area contributed by atoms with E-state index in [0.29, 0.717) is 0 Å². The maximum atomic E-state index is 6.45. The number of methoxy groups -OCH3 is 2. The standard InChI is InChI=1S/C21H31NO4/c1-15(2)17-13-22(12-16-10-8-7-9-11-16)14-18-19(17)26-21(4,24-6)20(3,23-5)25-18/h7-11,17-19H,1,12-14H2,2-6H3/t17-,18-,19-,20+,21+/m1/s1. The van der Waals surface area contributed by atoms with E-state index in [1.807, 2.05) is 19.9 Å². The fourth-order valence-electron chi connectivity index (χ4n) is 3.97. The van der Waals surface area contributed by atoms with Crippen LogP contribution in [0.1, 0.15) is 26.3 Å². The molecule has 0 amide bonds. The third kappa shape index (κ3) is 3.47. The van der Waals surface area contributed by atoms with E-state index in [-0.39, 0.29) is 18.1 Å². The first kappa shape index (κ1) is 19.5. The summed E-state index contributed by atoms with van der Waals surface area (Å²) in [5.74, 6) is -1.77. The Labute approximate surface area is 156 Å². The highest BCUT2D eigenvalue weighted by molar-refractivity contribution is 5.16. The molecule has 2 aliphatic rings. The Balaban J connectivity index is 1.84. The molecule has 5 heteroatoms. The molecule has 2 saturated heterocycles. The van der Waals surface area contributed by atoms with Gasteiger partial charge in [0.2, 0.25) is 11.6 Å². The molecule has 2 heterocycles. The van der Waals surface area contributed by atoms with Gasteiger partial charge in [0, 0.05) is 39.8 Å². The van der Waals surface area contributed by atoms with Gasteiger partial charge in [0.05, 0.1) is 6.10 Å². The Kier molecular flexibility index (Phi) is 5.56. The van der Waals surface area contributed by atoms with E-state index in [0.717, 1.165) is 25.2 Å². The van der Waals surface area contributed by atoms with Gasteiger partial charge in [0.25, 0.3) is 0 Å². The average Bonchev–Trinajstić information content (AvgIpc) is 2.63. The molecule has 2 fully saturated rings. The van der Waals surface area contributed by atoms with Crippen LogP contribution < -0.4 is 0 Å². The van der Waals surface area contributed by atoms with Crippen molar-refractivity contribution in [1.29, 1.82) is 0 Å². The van der Waals surface area contributed by atoms with E-state index in [4.69, 9.17) is 18.9 Å². The van der Waals surface area contributed by atoms with Gasteiger partial charge in [-0.3, -0.25) is 4.90 Å². The van der Waals surface area contributed by atoms with E-state index < -0.39 is 11.6 Å². The zero-order valence-electron chi connectivity index (χ0n) is 16.5. The number of fused-ring (bicyclic) bond motifs is 1. The monoisotopic (exact) mass is 361 g/mol. The normalized spacial score (nSPS) is 38.0. The minimum absolute atomic E-state index is 0.104. The first-order valence-electron chi connectivity index (χ1n) is 9.19. The Bertz CT molecular complexity index is 636. The molecule has 0 radical (unpaired) electrons. The molecular weight excluding hydrogens is 330 g/mol. The molecule has 5 atom stereocenters. The lowest BCUT2D eigenvalue weighted by atomic mass is 9.85. The van der Waals surface area contributed by atoms with Crippen LogP contribution in [0.3, 0.4) is 0 Å². The number of hydrogen-bond donors (Lipinski definition) is 0. The van der Waals surface area contributed by atoms with E-state index in [1.54, 1.807) is 14.2 Å². The number of ether oxygens (including phenoxy) is 4. The molecule has 0 unspecified atom stereocenters. The summed E-state index contributed by atoms with van der Waals surface area (Å²) in [5.41, 5.74) is 2.39. The van der Waals surface area contributed by atoms with Crippen molar-refractivity contribution in [2.45, 2.75) is 51.1 Å². The highest BCUT2D eigenvalue weighted by Gasteiger charge is 2.59. The SMILES string of the molecule is C=C(C)[C@H]1CN(Cc2ccccc2)C[C@H]2O[C@](C)(OC)[C@@](C)(OC)O[C@H]12. The van der Waals surface area contributed by atoms with Gasteiger partial charge >= 0.3 is 0 Å². The van der Waals surface area contributed by atoms with Crippen LogP contribution in [0.2, 0.25) is 0 Å². The minimum Gasteiger partial charge on any atom is -0.349 e. The second-order valence-electron chi connectivity index (χ2n) is 7.67. The van der Waals surface area contributed by atoms with Crippen LogP contribution in [0.5, 0.6) is 0 Å². The highest BCUT2D eigenvalue weighted by Crippen LogP contribution is 2.44. The second-order valence-corrected chi connectivity index (χ2v) is 7.67. The van der Waals surface area contributed by atoms with Crippen molar-refractivity contribution >= 4 is 0 Å². The van der Waals surface area contributed by atoms with E-state index in [2.05, 4.69) is 42.7 Å². The summed E-state index contributed by atoms with van der Waals surface area (Å²) in [4.78, 5) is 2.41. The summed E-state index contributed by atoms with van der Waals surface area (Å²) in [5, 5.41) is 0. The summed E-state index contributed by atoms with van der Waals surface area (Å²) in [6.45, 7) is 12.6. The molecule has 26 heavy (non-hydrogen) atoms. The summed E-state index contributed by atoms with van der Waals surface area (Å²) in [7, 11) is 3.25. The summed E-state index contributed by atoms with van der Waals surface area (Å²) < 4.78 is 24.2. The van der Waals surface area contributed by atoms with Crippen LogP contribution in [0.15, 0.2) is 42.5 Å².